The van der Waals surface area contributed by atoms with Gasteiger partial charge in [0.1, 0.15) is 11.8 Å². The molecule has 1 aromatic carbocycles. The van der Waals surface area contributed by atoms with Crippen molar-refractivity contribution in [2.24, 2.45) is 7.05 Å². The first-order valence-corrected chi connectivity index (χ1v) is 6.96. The maximum Gasteiger partial charge on any atom is 0.340 e. The van der Waals surface area contributed by atoms with E-state index in [9.17, 15) is 9.90 Å². The number of esters is 1. The number of aromatic nitrogens is 1. The smallest absolute Gasteiger partial charge is 0.340 e. The molecule has 0 radical (unpaired) electrons. The minimum Gasteiger partial charge on any atom is -0.507 e. The van der Waals surface area contributed by atoms with Crippen molar-refractivity contribution in [3.05, 3.63) is 29.0 Å². The molecule has 2 aromatic rings. The molecule has 0 aliphatic heterocycles. The van der Waals surface area contributed by atoms with E-state index in [2.05, 4.69) is 0 Å². The van der Waals surface area contributed by atoms with E-state index in [1.165, 1.54) is 6.07 Å². The molecule has 0 aliphatic rings. The Morgan fingerprint density at radius 2 is 2.14 bits per heavy atom. The van der Waals surface area contributed by atoms with E-state index in [0.717, 1.165) is 5.69 Å². The summed E-state index contributed by atoms with van der Waals surface area (Å²) in [7, 11) is 5.65. The van der Waals surface area contributed by atoms with Gasteiger partial charge in [-0.15, -0.1) is 0 Å². The second-order valence-corrected chi connectivity index (χ2v) is 5.34. The van der Waals surface area contributed by atoms with Crippen molar-refractivity contribution in [2.75, 3.05) is 20.7 Å². The molecule has 1 aromatic heterocycles. The van der Waals surface area contributed by atoms with Gasteiger partial charge in [0.15, 0.2) is 0 Å². The Balaban J connectivity index is 2.79. The molecular formula is C16H19N3O3. The second-order valence-electron chi connectivity index (χ2n) is 5.34. The fraction of sp³-hybridized carbons (Fsp3) is 0.375. The fourth-order valence-corrected chi connectivity index (χ4v) is 2.53. The summed E-state index contributed by atoms with van der Waals surface area (Å²) in [5, 5.41) is 19.6. The molecule has 2 rings (SSSR count). The third-order valence-electron chi connectivity index (χ3n) is 3.50. The lowest BCUT2D eigenvalue weighted by Gasteiger charge is -2.12. The van der Waals surface area contributed by atoms with Crippen molar-refractivity contribution in [1.29, 1.82) is 5.26 Å². The van der Waals surface area contributed by atoms with Crippen LogP contribution >= 0.6 is 0 Å². The summed E-state index contributed by atoms with van der Waals surface area (Å²) in [5.41, 5.74) is 2.12. The minimum absolute atomic E-state index is 0.137. The van der Waals surface area contributed by atoms with Crippen LogP contribution in [0.4, 0.5) is 0 Å². The Morgan fingerprint density at radius 1 is 1.45 bits per heavy atom. The van der Waals surface area contributed by atoms with Crippen LogP contribution < -0.4 is 0 Å². The van der Waals surface area contributed by atoms with E-state index in [4.69, 9.17) is 10.00 Å². The average Bonchev–Trinajstić information content (AvgIpc) is 2.70. The molecule has 0 unspecified atom stereocenters. The molecule has 0 amide bonds. The van der Waals surface area contributed by atoms with Gasteiger partial charge in [-0.05, 0) is 33.2 Å². The largest absolute Gasteiger partial charge is 0.507 e. The quantitative estimate of drug-likeness (QED) is 0.874. The number of nitrogens with zero attached hydrogens (tertiary/aromatic N) is 3. The first kappa shape index (κ1) is 15.9. The van der Waals surface area contributed by atoms with E-state index >= 15 is 0 Å². The number of aromatic hydroxyl groups is 1. The van der Waals surface area contributed by atoms with Crippen molar-refractivity contribution in [3.8, 4) is 11.8 Å². The number of rotatable bonds is 4. The number of fused-ring (bicyclic) bond motifs is 1. The number of hydrogen-bond donors (Lipinski definition) is 1. The lowest BCUT2D eigenvalue weighted by molar-refractivity contribution is 0.0526. The van der Waals surface area contributed by atoms with Gasteiger partial charge in [0.25, 0.3) is 0 Å². The number of aryl methyl sites for hydroxylation is 1. The van der Waals surface area contributed by atoms with Gasteiger partial charge in [0.2, 0.25) is 0 Å². The molecule has 0 saturated heterocycles. The Bertz CT molecular complexity index is 769. The van der Waals surface area contributed by atoms with Gasteiger partial charge in [0, 0.05) is 24.7 Å². The highest BCUT2D eigenvalue weighted by atomic mass is 16.5. The number of phenolic OH excluding ortho intramolecular Hbond substituents is 1. The van der Waals surface area contributed by atoms with Crippen molar-refractivity contribution in [3.63, 3.8) is 0 Å². The van der Waals surface area contributed by atoms with E-state index in [-0.39, 0.29) is 17.9 Å². The Labute approximate surface area is 129 Å². The monoisotopic (exact) mass is 301 g/mol. The first-order chi connectivity index (χ1) is 10.4. The number of carbonyl (C=O) groups excluding carboxylic acids is 1. The van der Waals surface area contributed by atoms with Crippen LogP contribution in [0, 0.1) is 11.3 Å². The highest BCUT2D eigenvalue weighted by molar-refractivity contribution is 6.06. The van der Waals surface area contributed by atoms with E-state index in [1.54, 1.807) is 13.0 Å². The minimum atomic E-state index is -0.422. The topological polar surface area (TPSA) is 78.5 Å². The van der Waals surface area contributed by atoms with Crippen molar-refractivity contribution < 1.29 is 14.6 Å². The maximum atomic E-state index is 12.3. The third-order valence-corrected chi connectivity index (χ3v) is 3.50. The van der Waals surface area contributed by atoms with Gasteiger partial charge in [-0.25, -0.2) is 4.79 Å². The summed E-state index contributed by atoms with van der Waals surface area (Å²) in [4.78, 5) is 14.3. The van der Waals surface area contributed by atoms with E-state index in [1.807, 2.05) is 36.7 Å². The van der Waals surface area contributed by atoms with E-state index < -0.39 is 5.97 Å². The number of nitriles is 1. The average molecular weight is 301 g/mol. The normalized spacial score (nSPS) is 10.9. The predicted molar refractivity (Wildman–Crippen MR) is 82.6 cm³/mol. The van der Waals surface area contributed by atoms with Crippen LogP contribution in [-0.4, -0.2) is 41.2 Å². The number of benzene rings is 1. The highest BCUT2D eigenvalue weighted by Gasteiger charge is 2.23. The lowest BCUT2D eigenvalue weighted by Crippen LogP contribution is -2.17. The number of hydrogen-bond acceptors (Lipinski definition) is 5. The standard InChI is InChI=1S/C16H19N3O3/c1-5-22-16(21)15-11-7-14(20)10(8-17)6-12(11)19(4)13(15)9-18(2)3/h6-7,20H,5,9H2,1-4H3. The molecule has 1 heterocycles. The summed E-state index contributed by atoms with van der Waals surface area (Å²) in [6.07, 6.45) is 0. The summed E-state index contributed by atoms with van der Waals surface area (Å²) in [6.45, 7) is 2.57. The maximum absolute atomic E-state index is 12.3. The van der Waals surface area contributed by atoms with Crippen LogP contribution in [0.3, 0.4) is 0 Å². The van der Waals surface area contributed by atoms with Gasteiger partial charge >= 0.3 is 5.97 Å². The van der Waals surface area contributed by atoms with E-state index in [0.29, 0.717) is 23.0 Å². The van der Waals surface area contributed by atoms with Crippen LogP contribution in [0.25, 0.3) is 10.9 Å². The SMILES string of the molecule is CCOC(=O)c1c(CN(C)C)n(C)c2cc(C#N)c(O)cc12. The zero-order valence-electron chi connectivity index (χ0n) is 13.2. The Morgan fingerprint density at radius 3 is 2.68 bits per heavy atom. The summed E-state index contributed by atoms with van der Waals surface area (Å²) in [5.74, 6) is -0.559. The van der Waals surface area contributed by atoms with Gasteiger partial charge in [0.05, 0.1) is 23.3 Å². The Kier molecular flexibility index (Phi) is 4.38. The van der Waals surface area contributed by atoms with Gasteiger partial charge in [-0.2, -0.15) is 5.26 Å². The van der Waals surface area contributed by atoms with Gasteiger partial charge < -0.3 is 19.3 Å². The van der Waals surface area contributed by atoms with Crippen molar-refractivity contribution >= 4 is 16.9 Å². The first-order valence-electron chi connectivity index (χ1n) is 6.96. The zero-order valence-corrected chi connectivity index (χ0v) is 13.2. The summed E-state index contributed by atoms with van der Waals surface area (Å²) < 4.78 is 7.01. The third kappa shape index (κ3) is 2.63. The lowest BCUT2D eigenvalue weighted by atomic mass is 10.1. The molecule has 116 valence electrons. The van der Waals surface area contributed by atoms with Crippen LogP contribution in [-0.2, 0) is 18.3 Å². The molecule has 0 fully saturated rings. The Hall–Kier alpha value is -2.52. The number of carbonyl (C=O) groups is 1. The van der Waals surface area contributed by atoms with Crippen LogP contribution in [0.2, 0.25) is 0 Å². The fourth-order valence-electron chi connectivity index (χ4n) is 2.53. The molecule has 1 N–H and O–H groups in total. The van der Waals surface area contributed by atoms with Gasteiger partial charge in [-0.1, -0.05) is 0 Å². The van der Waals surface area contributed by atoms with Gasteiger partial charge in [-0.3, -0.25) is 0 Å². The van der Waals surface area contributed by atoms with Crippen molar-refractivity contribution in [1.82, 2.24) is 9.47 Å². The van der Waals surface area contributed by atoms with Crippen LogP contribution in [0.15, 0.2) is 12.1 Å². The molecule has 0 spiro atoms. The van der Waals surface area contributed by atoms with Crippen molar-refractivity contribution in [2.45, 2.75) is 13.5 Å². The number of ether oxygens (including phenoxy) is 1. The van der Waals surface area contributed by atoms with Crippen LogP contribution in [0.5, 0.6) is 5.75 Å². The molecule has 0 atom stereocenters. The summed E-state index contributed by atoms with van der Waals surface area (Å²) in [6, 6.07) is 5.00. The molecule has 6 nitrogen and oxygen atoms in total. The number of phenols is 1. The highest BCUT2D eigenvalue weighted by Crippen LogP contribution is 2.32. The predicted octanol–water partition coefficient (Wildman–Crippen LogP) is 1.99. The molecule has 6 heteroatoms. The molecule has 0 bridgehead atoms. The van der Waals surface area contributed by atoms with Crippen LogP contribution in [0.1, 0.15) is 28.5 Å². The zero-order chi connectivity index (χ0) is 16.4. The molecular weight excluding hydrogens is 282 g/mol. The molecule has 22 heavy (non-hydrogen) atoms. The second kappa shape index (κ2) is 6.08. The molecule has 0 saturated carbocycles. The molecule has 0 aliphatic carbocycles. The summed E-state index contributed by atoms with van der Waals surface area (Å²) >= 11 is 0.